The number of nitrogens with one attached hydrogen (secondary N) is 1. The number of carboxylic acid groups (broad SMARTS) is 3. The van der Waals surface area contributed by atoms with E-state index in [-0.39, 0.29) is 85.7 Å². The Balaban J connectivity index is -0.000000188. The van der Waals surface area contributed by atoms with E-state index >= 15 is 0 Å². The number of rotatable bonds is 43. The van der Waals surface area contributed by atoms with Crippen molar-refractivity contribution >= 4 is 46.0 Å². The lowest BCUT2D eigenvalue weighted by Crippen LogP contribution is -2.41. The number of nitrogens with zero attached hydrogens (tertiary/aromatic N) is 1. The average molecular weight is 1280 g/mol. The number of alkyl carbamates (subject to hydrolysis) is 1. The zero-order valence-corrected chi connectivity index (χ0v) is 49.6. The van der Waals surface area contributed by atoms with Crippen molar-refractivity contribution in [1.82, 2.24) is 5.32 Å². The van der Waals surface area contributed by atoms with Gasteiger partial charge >= 0.3 is 30.2 Å². The lowest BCUT2D eigenvalue weighted by Gasteiger charge is -2.14. The van der Waals surface area contributed by atoms with Gasteiger partial charge in [-0.1, -0.05) is 54.3 Å². The van der Waals surface area contributed by atoms with E-state index < -0.39 is 63.3 Å². The minimum Gasteiger partial charge on any atom is -0.480 e. The van der Waals surface area contributed by atoms with E-state index in [1.54, 1.807) is 54.6 Å². The van der Waals surface area contributed by atoms with Crippen molar-refractivity contribution in [3.63, 3.8) is 0 Å². The van der Waals surface area contributed by atoms with Crippen molar-refractivity contribution in [3.05, 3.63) is 64.2 Å². The molecule has 0 bridgehead atoms. The van der Waals surface area contributed by atoms with E-state index in [0.29, 0.717) is 111 Å². The summed E-state index contributed by atoms with van der Waals surface area (Å²) in [7, 11) is 4.22. The Hall–Kier alpha value is -5.78. The van der Waals surface area contributed by atoms with Gasteiger partial charge in [0.15, 0.2) is 0 Å². The van der Waals surface area contributed by atoms with Crippen molar-refractivity contribution in [2.45, 2.75) is 112 Å². The lowest BCUT2D eigenvalue weighted by atomic mass is 10.1. The Morgan fingerprint density at radius 2 is 0.920 bits per heavy atom. The second-order valence-electron chi connectivity index (χ2n) is 16.5. The van der Waals surface area contributed by atoms with Crippen molar-refractivity contribution in [2.75, 3.05) is 154 Å². The highest BCUT2D eigenvalue weighted by Crippen LogP contribution is 2.18. The molecule has 31 heteroatoms. The number of carbonyl (C=O) groups excluding carboxylic acids is 2. The summed E-state index contributed by atoms with van der Waals surface area (Å²) in [5.74, 6) is -2.79. The summed E-state index contributed by atoms with van der Waals surface area (Å²) in [5, 5.41) is 38.4. The average Bonchev–Trinajstić information content (AvgIpc) is 3.05. The van der Waals surface area contributed by atoms with E-state index in [9.17, 15) is 42.5 Å². The molecule has 30 nitrogen and oxygen atoms in total. The molecule has 1 amide bonds. The fourth-order valence-electron chi connectivity index (χ4n) is 5.20. The monoisotopic (exact) mass is 1280 g/mol. The summed E-state index contributed by atoms with van der Waals surface area (Å²) < 4.78 is 92.5. The minimum atomic E-state index is -3.68. The lowest BCUT2D eigenvalue weighted by molar-refractivity contribution is -0.384. The molecule has 3 unspecified atom stereocenters. The molecule has 2 rings (SSSR count). The van der Waals surface area contributed by atoms with Gasteiger partial charge in [-0.05, 0) is 76.1 Å². The predicted octanol–water partition coefficient (Wildman–Crippen LogP) is 6.38. The van der Waals surface area contributed by atoms with E-state index in [1.165, 1.54) is 36.4 Å². The van der Waals surface area contributed by atoms with E-state index in [1.807, 2.05) is 6.92 Å². The summed E-state index contributed by atoms with van der Waals surface area (Å²) in [4.78, 5) is 64.1. The molecule has 0 heterocycles. The molecule has 87 heavy (non-hydrogen) atoms. The highest BCUT2D eigenvalue weighted by Gasteiger charge is 2.20. The first-order valence-electron chi connectivity index (χ1n) is 26.2. The van der Waals surface area contributed by atoms with Crippen molar-refractivity contribution < 1.29 is 118 Å². The van der Waals surface area contributed by atoms with E-state index in [4.69, 9.17) is 92.5 Å². The number of hydrogen-bond acceptors (Lipinski definition) is 25. The molecule has 8 N–H and O–H groups in total. The first-order chi connectivity index (χ1) is 39.7. The molecule has 0 aliphatic rings. The number of ether oxygens (including phenoxy) is 13. The molecule has 0 saturated heterocycles. The number of nitro benzene ring substituents is 1. The third-order valence-corrected chi connectivity index (χ3v) is 11.2. The van der Waals surface area contributed by atoms with E-state index in [2.05, 4.69) is 5.32 Å². The molecule has 0 radical (unpaired) electrons. The molecule has 0 fully saturated rings. The van der Waals surface area contributed by atoms with Crippen molar-refractivity contribution in [3.8, 4) is 5.75 Å². The minimum absolute atomic E-state index is 0. The number of unbranched alkanes of at least 4 members (excludes halogenated alkanes) is 2. The number of aryl methyl sites for hydroxylation is 1. The number of hydrogen-bond donors (Lipinski definition) is 6. The molecule has 0 aromatic heterocycles. The number of nitrogens with two attached hydrogens (primary N) is 2. The Labute approximate surface area is 515 Å². The number of carbonyl (C=O) groups is 5. The van der Waals surface area contributed by atoms with Gasteiger partial charge in [0.1, 0.15) is 37.1 Å². The molecule has 2 aromatic carbocycles. The predicted molar refractivity (Wildman–Crippen MR) is 325 cm³/mol. The number of amides is 1. The second kappa shape index (κ2) is 66.2. The summed E-state index contributed by atoms with van der Waals surface area (Å²) in [6.07, 6.45) is 2.58. The van der Waals surface area contributed by atoms with Crippen LogP contribution in [0.3, 0.4) is 0 Å². The Bertz CT molecular complexity index is 2040. The number of nitro groups is 1. The molecule has 512 valence electrons. The maximum Gasteiger partial charge on any atom is 0.513 e. The van der Waals surface area contributed by atoms with Crippen LogP contribution < -0.4 is 21.5 Å². The second-order valence-corrected chi connectivity index (χ2v) is 18.1. The number of non-ortho nitro benzene ring substituents is 1. The maximum absolute atomic E-state index is 11.7. The highest BCUT2D eigenvalue weighted by atomic mass is 32.2. The standard InChI is InChI=1S/C15H29NO8.C12H15NO7.C12H18O5S.C9H19NO4.C4H9NO2.4CH4/c1-20-7-9-22-6-4-3-5-13(14(17)18)16-15(19)24-12-11-23-10-8-21-2;1-17-6-7-18-8-9-19-12(14)20-11-4-2-10(3-5-11)13(15)16;1-11-3-5-12(6-4-11)18(13,14)17-10-9-16-8-7-15-2;1-13-6-7-14-5-3-2-4-8(10)9(11)12;1-2-3(5)4(6)7;;;;/h13H,3-12H2,1-2H3,(H,16,19)(H,17,18);2-5H,6-9H2,1H3;3-6H,7-10H2,1-2H3;8H,2-7,10H2,1H3,(H,11,12);3H,2,5H2,1H3,(H,6,7);4*1H4. The topological polar surface area (TPSA) is 417 Å². The summed E-state index contributed by atoms with van der Waals surface area (Å²) in [5.41, 5.74) is 11.2. The Kier molecular flexibility index (Phi) is 72.2. The van der Waals surface area contributed by atoms with Gasteiger partial charge in [-0.2, -0.15) is 8.42 Å². The van der Waals surface area contributed by atoms with Crippen LogP contribution >= 0.6 is 0 Å². The SMILES string of the molecule is C.C.C.C.CCC(N)C(=O)O.COCCOCCCCC(N)C(=O)O.COCCOCCCCC(NC(=O)OCCOCCOC)C(=O)O.COCCOCCOC(=O)Oc1ccc([N+](=O)[O-])cc1.COCCOCCOS(=O)(=O)c1ccc(C)cc1. The zero-order valence-electron chi connectivity index (χ0n) is 48.8. The van der Waals surface area contributed by atoms with Crippen LogP contribution in [-0.4, -0.2) is 231 Å². The number of aliphatic carboxylic acids is 3. The van der Waals surface area contributed by atoms with E-state index in [0.717, 1.165) is 18.4 Å². The van der Waals surface area contributed by atoms with Crippen LogP contribution in [0.2, 0.25) is 0 Å². The van der Waals surface area contributed by atoms with Gasteiger partial charge in [-0.25, -0.2) is 14.4 Å². The Morgan fingerprint density at radius 1 is 0.529 bits per heavy atom. The Morgan fingerprint density at radius 3 is 1.30 bits per heavy atom. The first kappa shape index (κ1) is 94.9. The van der Waals surface area contributed by atoms with Gasteiger partial charge in [0.05, 0.1) is 102 Å². The molecule has 3 atom stereocenters. The molecule has 0 aliphatic heterocycles. The van der Waals surface area contributed by atoms with Crippen LogP contribution in [0.15, 0.2) is 53.4 Å². The number of benzene rings is 2. The normalized spacial score (nSPS) is 11.1. The molecule has 2 aromatic rings. The highest BCUT2D eigenvalue weighted by molar-refractivity contribution is 7.86. The van der Waals surface area contributed by atoms with Gasteiger partial charge in [0, 0.05) is 60.9 Å². The third kappa shape index (κ3) is 61.7. The van der Waals surface area contributed by atoms with Gasteiger partial charge in [0.25, 0.3) is 15.8 Å². The fraction of sp³-hybridized carbons (Fsp3) is 0.696. The summed E-state index contributed by atoms with van der Waals surface area (Å²) in [6, 6.07) is 9.19. The van der Waals surface area contributed by atoms with Crippen LogP contribution in [0.4, 0.5) is 15.3 Å². The van der Waals surface area contributed by atoms with Crippen LogP contribution in [-0.2, 0) is 85.5 Å². The molecule has 0 saturated carbocycles. The van der Waals surface area contributed by atoms with Gasteiger partial charge < -0.3 is 93.7 Å². The third-order valence-electron chi connectivity index (χ3n) is 9.84. The molecular formula is C56H106N4O26S. The largest absolute Gasteiger partial charge is 0.513 e. The van der Waals surface area contributed by atoms with Crippen molar-refractivity contribution in [2.24, 2.45) is 11.5 Å². The van der Waals surface area contributed by atoms with Gasteiger partial charge in [-0.3, -0.25) is 23.9 Å². The van der Waals surface area contributed by atoms with Crippen LogP contribution in [0.5, 0.6) is 5.75 Å². The zero-order chi connectivity index (χ0) is 62.9. The molecule has 0 spiro atoms. The number of methoxy groups -OCH3 is 5. The smallest absolute Gasteiger partial charge is 0.480 e. The van der Waals surface area contributed by atoms with Crippen molar-refractivity contribution in [1.29, 1.82) is 0 Å². The summed E-state index contributed by atoms with van der Waals surface area (Å²) in [6.45, 7) is 10.4. The number of carboxylic acids is 3. The quantitative estimate of drug-likeness (QED) is 0.0105. The van der Waals surface area contributed by atoms with Crippen LogP contribution in [0.25, 0.3) is 0 Å². The molecular weight excluding hydrogens is 1180 g/mol. The van der Waals surface area contributed by atoms with Gasteiger partial charge in [0.2, 0.25) is 0 Å². The molecule has 0 aliphatic carbocycles. The first-order valence-corrected chi connectivity index (χ1v) is 27.6. The fourth-order valence-corrected chi connectivity index (χ4v) is 6.09. The summed E-state index contributed by atoms with van der Waals surface area (Å²) >= 11 is 0. The maximum atomic E-state index is 11.7. The van der Waals surface area contributed by atoms with Crippen LogP contribution in [0, 0.1) is 17.0 Å². The van der Waals surface area contributed by atoms with Gasteiger partial charge in [-0.15, -0.1) is 0 Å². The van der Waals surface area contributed by atoms with Crippen LogP contribution in [0.1, 0.15) is 87.1 Å².